The number of ether oxygens (including phenoxy) is 1. The van der Waals surface area contributed by atoms with Crippen LogP contribution in [0.5, 0.6) is 0 Å². The van der Waals surface area contributed by atoms with Gasteiger partial charge >= 0.3 is 5.97 Å². The maximum atomic E-state index is 11.9. The van der Waals surface area contributed by atoms with Gasteiger partial charge in [0.2, 0.25) is 0 Å². The molecule has 1 atom stereocenters. The normalized spacial score (nSPS) is 12.2. The third-order valence-electron chi connectivity index (χ3n) is 3.16. The molecular formula is C17H18O3. The van der Waals surface area contributed by atoms with Crippen LogP contribution in [0.3, 0.4) is 0 Å². The molecule has 3 nitrogen and oxygen atoms in total. The third kappa shape index (κ3) is 3.25. The van der Waals surface area contributed by atoms with Gasteiger partial charge in [0.25, 0.3) is 0 Å². The summed E-state index contributed by atoms with van der Waals surface area (Å²) in [5.74, 6) is -1.01. The van der Waals surface area contributed by atoms with E-state index >= 15 is 0 Å². The molecule has 0 aromatic heterocycles. The SMILES string of the molecule is CCOC(=O)[C@@H](O)C(c1ccccc1)c1ccccc1. The number of carbonyl (C=O) groups excluding carboxylic acids is 1. The molecule has 0 heterocycles. The maximum Gasteiger partial charge on any atom is 0.335 e. The Morgan fingerprint density at radius 3 is 1.85 bits per heavy atom. The van der Waals surface area contributed by atoms with Gasteiger partial charge in [-0.25, -0.2) is 4.79 Å². The molecule has 2 aromatic carbocycles. The van der Waals surface area contributed by atoms with Crippen molar-refractivity contribution in [3.63, 3.8) is 0 Å². The standard InChI is InChI=1S/C17H18O3/c1-2-20-17(19)16(18)15(13-9-5-3-6-10-13)14-11-7-4-8-12-14/h3-12,15-16,18H,2H2,1H3/t16-/m0/s1. The lowest BCUT2D eigenvalue weighted by Crippen LogP contribution is -2.30. The number of aliphatic hydroxyl groups is 1. The summed E-state index contributed by atoms with van der Waals surface area (Å²) >= 11 is 0. The van der Waals surface area contributed by atoms with Gasteiger partial charge in [-0.3, -0.25) is 0 Å². The van der Waals surface area contributed by atoms with E-state index in [-0.39, 0.29) is 6.61 Å². The Kier molecular flexibility index (Phi) is 4.91. The summed E-state index contributed by atoms with van der Waals surface area (Å²) < 4.78 is 4.94. The predicted octanol–water partition coefficient (Wildman–Crippen LogP) is 2.74. The number of rotatable bonds is 5. The molecule has 0 saturated heterocycles. The molecular weight excluding hydrogens is 252 g/mol. The van der Waals surface area contributed by atoms with E-state index in [9.17, 15) is 9.90 Å². The Labute approximate surface area is 118 Å². The molecule has 0 fully saturated rings. The van der Waals surface area contributed by atoms with Crippen LogP contribution >= 0.6 is 0 Å². The van der Waals surface area contributed by atoms with Gasteiger partial charge in [-0.2, -0.15) is 0 Å². The minimum atomic E-state index is -1.21. The van der Waals surface area contributed by atoms with Crippen LogP contribution in [0.15, 0.2) is 60.7 Å². The highest BCUT2D eigenvalue weighted by Crippen LogP contribution is 2.28. The fourth-order valence-corrected chi connectivity index (χ4v) is 2.24. The van der Waals surface area contributed by atoms with Crippen molar-refractivity contribution in [1.29, 1.82) is 0 Å². The Morgan fingerprint density at radius 2 is 1.45 bits per heavy atom. The molecule has 0 aliphatic carbocycles. The van der Waals surface area contributed by atoms with E-state index in [1.54, 1.807) is 6.92 Å². The third-order valence-corrected chi connectivity index (χ3v) is 3.16. The first kappa shape index (κ1) is 14.3. The first-order valence-corrected chi connectivity index (χ1v) is 6.68. The van der Waals surface area contributed by atoms with E-state index in [1.807, 2.05) is 60.7 Å². The lowest BCUT2D eigenvalue weighted by atomic mass is 9.86. The minimum absolute atomic E-state index is 0.256. The lowest BCUT2D eigenvalue weighted by Gasteiger charge is -2.22. The summed E-state index contributed by atoms with van der Waals surface area (Å²) in [4.78, 5) is 11.9. The largest absolute Gasteiger partial charge is 0.464 e. The van der Waals surface area contributed by atoms with Crippen LogP contribution < -0.4 is 0 Å². The van der Waals surface area contributed by atoms with Crippen LogP contribution in [0.2, 0.25) is 0 Å². The molecule has 0 bridgehead atoms. The van der Waals surface area contributed by atoms with Gasteiger partial charge in [0.05, 0.1) is 6.61 Å². The topological polar surface area (TPSA) is 46.5 Å². The summed E-state index contributed by atoms with van der Waals surface area (Å²) in [6.07, 6.45) is -1.21. The Hall–Kier alpha value is -2.13. The highest BCUT2D eigenvalue weighted by molar-refractivity contribution is 5.76. The van der Waals surface area contributed by atoms with Gasteiger partial charge in [0.1, 0.15) is 0 Å². The Bertz CT molecular complexity index is 497. The highest BCUT2D eigenvalue weighted by Gasteiger charge is 2.29. The van der Waals surface area contributed by atoms with Crippen molar-refractivity contribution < 1.29 is 14.6 Å². The number of aliphatic hydroxyl groups excluding tert-OH is 1. The highest BCUT2D eigenvalue weighted by atomic mass is 16.5. The summed E-state index contributed by atoms with van der Waals surface area (Å²) in [6.45, 7) is 1.98. The minimum Gasteiger partial charge on any atom is -0.464 e. The van der Waals surface area contributed by atoms with Crippen LogP contribution in [0.25, 0.3) is 0 Å². The van der Waals surface area contributed by atoms with Gasteiger partial charge in [0.15, 0.2) is 6.10 Å². The molecule has 2 aromatic rings. The second-order valence-corrected chi connectivity index (χ2v) is 4.50. The smallest absolute Gasteiger partial charge is 0.335 e. The zero-order valence-electron chi connectivity index (χ0n) is 11.4. The molecule has 0 unspecified atom stereocenters. The first-order chi connectivity index (χ1) is 9.74. The van der Waals surface area contributed by atoms with Crippen molar-refractivity contribution in [3.8, 4) is 0 Å². The van der Waals surface area contributed by atoms with Crippen LogP contribution in [0.4, 0.5) is 0 Å². The van der Waals surface area contributed by atoms with Crippen molar-refractivity contribution in [2.45, 2.75) is 18.9 Å². The molecule has 20 heavy (non-hydrogen) atoms. The molecule has 2 rings (SSSR count). The molecule has 0 amide bonds. The van der Waals surface area contributed by atoms with Crippen molar-refractivity contribution >= 4 is 5.97 Å². The second-order valence-electron chi connectivity index (χ2n) is 4.50. The van der Waals surface area contributed by atoms with Gasteiger partial charge in [0, 0.05) is 5.92 Å². The molecule has 3 heteroatoms. The number of carbonyl (C=O) groups is 1. The van der Waals surface area contributed by atoms with Crippen LogP contribution in [0.1, 0.15) is 24.0 Å². The van der Waals surface area contributed by atoms with Crippen molar-refractivity contribution in [3.05, 3.63) is 71.8 Å². The summed E-state index contributed by atoms with van der Waals surface area (Å²) in [5, 5.41) is 10.3. The van der Waals surface area contributed by atoms with E-state index < -0.39 is 18.0 Å². The molecule has 0 saturated carbocycles. The van der Waals surface area contributed by atoms with Gasteiger partial charge in [-0.15, -0.1) is 0 Å². The molecule has 0 aliphatic rings. The zero-order valence-corrected chi connectivity index (χ0v) is 11.4. The van der Waals surface area contributed by atoms with E-state index in [0.29, 0.717) is 0 Å². The lowest BCUT2D eigenvalue weighted by molar-refractivity contribution is -0.153. The fraction of sp³-hybridized carbons (Fsp3) is 0.235. The van der Waals surface area contributed by atoms with Crippen molar-refractivity contribution in [2.75, 3.05) is 6.61 Å². The van der Waals surface area contributed by atoms with Crippen molar-refractivity contribution in [1.82, 2.24) is 0 Å². The molecule has 0 radical (unpaired) electrons. The second kappa shape index (κ2) is 6.87. The average Bonchev–Trinajstić information content (AvgIpc) is 2.50. The van der Waals surface area contributed by atoms with E-state index in [0.717, 1.165) is 11.1 Å². The van der Waals surface area contributed by atoms with E-state index in [1.165, 1.54) is 0 Å². The quantitative estimate of drug-likeness (QED) is 0.850. The molecule has 0 aliphatic heterocycles. The van der Waals surface area contributed by atoms with E-state index in [2.05, 4.69) is 0 Å². The predicted molar refractivity (Wildman–Crippen MR) is 77.4 cm³/mol. The van der Waals surface area contributed by atoms with Gasteiger partial charge in [-0.1, -0.05) is 60.7 Å². The number of benzene rings is 2. The van der Waals surface area contributed by atoms with Crippen LogP contribution in [-0.4, -0.2) is 23.8 Å². The number of esters is 1. The molecule has 0 spiro atoms. The average molecular weight is 270 g/mol. The summed E-state index contributed by atoms with van der Waals surface area (Å²) in [7, 11) is 0. The van der Waals surface area contributed by atoms with Crippen LogP contribution in [-0.2, 0) is 9.53 Å². The van der Waals surface area contributed by atoms with Gasteiger partial charge < -0.3 is 9.84 Å². The monoisotopic (exact) mass is 270 g/mol. The first-order valence-electron chi connectivity index (χ1n) is 6.68. The van der Waals surface area contributed by atoms with Crippen LogP contribution in [0, 0.1) is 0 Å². The number of hydrogen-bond acceptors (Lipinski definition) is 3. The Balaban J connectivity index is 2.37. The fourth-order valence-electron chi connectivity index (χ4n) is 2.24. The number of hydrogen-bond donors (Lipinski definition) is 1. The van der Waals surface area contributed by atoms with Crippen molar-refractivity contribution in [2.24, 2.45) is 0 Å². The summed E-state index contributed by atoms with van der Waals surface area (Å²) in [5.41, 5.74) is 1.78. The maximum absolute atomic E-state index is 11.9. The zero-order chi connectivity index (χ0) is 14.4. The Morgan fingerprint density at radius 1 is 1.00 bits per heavy atom. The summed E-state index contributed by atoms with van der Waals surface area (Å²) in [6, 6.07) is 19.0. The van der Waals surface area contributed by atoms with Gasteiger partial charge in [-0.05, 0) is 18.1 Å². The molecule has 1 N–H and O–H groups in total. The molecule has 104 valence electrons. The van der Waals surface area contributed by atoms with E-state index in [4.69, 9.17) is 4.74 Å².